The Labute approximate surface area is 152 Å². The van der Waals surface area contributed by atoms with E-state index in [4.69, 9.17) is 51.1 Å². The fourth-order valence-electron chi connectivity index (χ4n) is 0.893. The second-order valence-electron chi connectivity index (χ2n) is 4.71. The summed E-state index contributed by atoms with van der Waals surface area (Å²) in [4.78, 5) is 39.1. The molecule has 5 unspecified atom stereocenters. The highest BCUT2D eigenvalue weighted by Crippen LogP contribution is 1.94. The molecule has 0 saturated carbocycles. The van der Waals surface area contributed by atoms with Crippen LogP contribution in [-0.4, -0.2) is 112 Å². The van der Waals surface area contributed by atoms with Crippen molar-refractivity contribution in [3.05, 3.63) is 0 Å². The molecule has 0 saturated heterocycles. The fraction of sp³-hybridized carbons (Fsp3) is 0.692. The third-order valence-corrected chi connectivity index (χ3v) is 2.54. The summed E-state index contributed by atoms with van der Waals surface area (Å²) in [5, 5.41) is 82.0. The van der Waals surface area contributed by atoms with E-state index in [1.165, 1.54) is 0 Å². The molecular formula is C13H24O14. The van der Waals surface area contributed by atoms with Crippen LogP contribution in [-0.2, 0) is 19.2 Å². The Hall–Kier alpha value is -2.36. The van der Waals surface area contributed by atoms with Crippen LogP contribution in [0, 0.1) is 0 Å². The highest BCUT2D eigenvalue weighted by Gasteiger charge is 2.30. The molecule has 27 heavy (non-hydrogen) atoms. The molecule has 0 fully saturated rings. The molecule has 0 bridgehead atoms. The normalized spacial score (nSPS) is 15.4. The van der Waals surface area contributed by atoms with E-state index in [-0.39, 0.29) is 12.7 Å². The van der Waals surface area contributed by atoms with Gasteiger partial charge in [0.1, 0.15) is 0 Å². The summed E-state index contributed by atoms with van der Waals surface area (Å²) in [6.45, 7) is 1.98. The number of carbonyl (C=O) groups is 4. The summed E-state index contributed by atoms with van der Waals surface area (Å²) in [6.07, 6.45) is -8.12. The van der Waals surface area contributed by atoms with Crippen molar-refractivity contribution >= 4 is 23.9 Å². The lowest BCUT2D eigenvalue weighted by Gasteiger charge is -2.07. The van der Waals surface area contributed by atoms with Gasteiger partial charge in [-0.2, -0.15) is 0 Å². The molecule has 14 heteroatoms. The maximum atomic E-state index is 9.77. The zero-order valence-electron chi connectivity index (χ0n) is 14.1. The average molecular weight is 404 g/mol. The van der Waals surface area contributed by atoms with Crippen molar-refractivity contribution in [2.75, 3.05) is 6.61 Å². The first kappa shape index (κ1) is 29.4. The summed E-state index contributed by atoms with van der Waals surface area (Å²) in [6, 6.07) is 0. The predicted molar refractivity (Wildman–Crippen MR) is 82.6 cm³/mol. The van der Waals surface area contributed by atoms with Gasteiger partial charge in [-0.05, 0) is 12.8 Å². The topological polar surface area (TPSA) is 271 Å². The Morgan fingerprint density at radius 3 is 0.926 bits per heavy atom. The molecule has 0 heterocycles. The molecule has 14 nitrogen and oxygen atoms in total. The van der Waals surface area contributed by atoms with Gasteiger partial charge in [0.15, 0.2) is 24.4 Å². The van der Waals surface area contributed by atoms with E-state index in [0.29, 0.717) is 6.42 Å². The first-order chi connectivity index (χ1) is 12.2. The van der Waals surface area contributed by atoms with Crippen LogP contribution in [0.15, 0.2) is 0 Å². The number of aliphatic hydroxyl groups is 6. The van der Waals surface area contributed by atoms with E-state index in [0.717, 1.165) is 6.42 Å². The van der Waals surface area contributed by atoms with Gasteiger partial charge in [-0.3, -0.25) is 0 Å². The molecule has 0 aromatic rings. The standard InChI is InChI=1S/C5H12O2.2C4H6O6/c1-2-5(7)3-4-6;2*5-1(3(7)8)2(6)4(9)10/h5-7H,2-4H2,1H3;2*1-2,5-6H,(H,7,8)(H,9,10). The lowest BCUT2D eigenvalue weighted by molar-refractivity contribution is -0.165. The van der Waals surface area contributed by atoms with Gasteiger partial charge in [-0.15, -0.1) is 0 Å². The highest BCUT2D eigenvalue weighted by atomic mass is 16.4. The molecule has 10 N–H and O–H groups in total. The second kappa shape index (κ2) is 15.9. The number of hydrogen-bond acceptors (Lipinski definition) is 10. The van der Waals surface area contributed by atoms with Crippen LogP contribution in [0.5, 0.6) is 0 Å². The summed E-state index contributed by atoms with van der Waals surface area (Å²) in [7, 11) is 0. The van der Waals surface area contributed by atoms with Gasteiger partial charge < -0.3 is 51.1 Å². The van der Waals surface area contributed by atoms with Gasteiger partial charge in [0.2, 0.25) is 0 Å². The number of carboxylic acids is 4. The third kappa shape index (κ3) is 15.6. The monoisotopic (exact) mass is 404 g/mol. The molecule has 0 rings (SSSR count). The zero-order valence-corrected chi connectivity index (χ0v) is 14.1. The van der Waals surface area contributed by atoms with Crippen LogP contribution < -0.4 is 0 Å². The molecule has 160 valence electrons. The third-order valence-electron chi connectivity index (χ3n) is 2.54. The minimum absolute atomic E-state index is 0.0923. The van der Waals surface area contributed by atoms with E-state index < -0.39 is 48.3 Å². The van der Waals surface area contributed by atoms with Crippen LogP contribution in [0.4, 0.5) is 0 Å². The van der Waals surface area contributed by atoms with Gasteiger partial charge in [-0.1, -0.05) is 6.92 Å². The van der Waals surface area contributed by atoms with Crippen molar-refractivity contribution < 1.29 is 70.2 Å². The molecule has 0 aliphatic carbocycles. The molecule has 0 aliphatic rings. The zero-order chi connectivity index (χ0) is 22.3. The fourth-order valence-corrected chi connectivity index (χ4v) is 0.893. The maximum absolute atomic E-state index is 9.77. The van der Waals surface area contributed by atoms with Gasteiger partial charge in [0.05, 0.1) is 6.10 Å². The van der Waals surface area contributed by atoms with Gasteiger partial charge >= 0.3 is 23.9 Å². The quantitative estimate of drug-likeness (QED) is 0.175. The van der Waals surface area contributed by atoms with Crippen LogP contribution in [0.2, 0.25) is 0 Å². The number of rotatable bonds is 9. The predicted octanol–water partition coefficient (Wildman–Crippen LogP) is -4.11. The van der Waals surface area contributed by atoms with Crippen LogP contribution in [0.3, 0.4) is 0 Å². The Morgan fingerprint density at radius 2 is 0.852 bits per heavy atom. The summed E-state index contributed by atoms with van der Waals surface area (Å²) in [5.74, 6) is -7.07. The van der Waals surface area contributed by atoms with Crippen molar-refractivity contribution in [1.82, 2.24) is 0 Å². The molecule has 0 aromatic heterocycles. The highest BCUT2D eigenvalue weighted by molar-refractivity contribution is 5.83. The van der Waals surface area contributed by atoms with E-state index >= 15 is 0 Å². The van der Waals surface area contributed by atoms with Crippen molar-refractivity contribution in [1.29, 1.82) is 0 Å². The van der Waals surface area contributed by atoms with Crippen LogP contribution in [0.25, 0.3) is 0 Å². The summed E-state index contributed by atoms with van der Waals surface area (Å²) >= 11 is 0. The molecular weight excluding hydrogens is 380 g/mol. The number of carboxylic acid groups (broad SMARTS) is 4. The number of hydrogen-bond donors (Lipinski definition) is 10. The lowest BCUT2D eigenvalue weighted by atomic mass is 10.2. The molecule has 0 aromatic carbocycles. The largest absolute Gasteiger partial charge is 0.479 e. The molecule has 0 radical (unpaired) electrons. The number of aliphatic hydroxyl groups excluding tert-OH is 6. The summed E-state index contributed by atoms with van der Waals surface area (Å²) < 4.78 is 0. The second-order valence-corrected chi connectivity index (χ2v) is 4.71. The van der Waals surface area contributed by atoms with Gasteiger partial charge in [-0.25, -0.2) is 19.2 Å². The lowest BCUT2D eigenvalue weighted by Crippen LogP contribution is -2.39. The van der Waals surface area contributed by atoms with E-state index in [9.17, 15) is 19.2 Å². The van der Waals surface area contributed by atoms with Gasteiger partial charge in [0.25, 0.3) is 0 Å². The Balaban J connectivity index is -0.000000326. The molecule has 5 atom stereocenters. The van der Waals surface area contributed by atoms with Crippen LogP contribution >= 0.6 is 0 Å². The van der Waals surface area contributed by atoms with Crippen molar-refractivity contribution in [2.24, 2.45) is 0 Å². The SMILES string of the molecule is CCC(O)CCO.O=C(O)C(O)C(O)C(=O)O.O=C(O)C(O)C(O)C(=O)O. The molecule has 0 aliphatic heterocycles. The van der Waals surface area contributed by atoms with Crippen molar-refractivity contribution in [2.45, 2.75) is 50.3 Å². The minimum atomic E-state index is -2.27. The van der Waals surface area contributed by atoms with E-state index in [1.807, 2.05) is 6.92 Å². The van der Waals surface area contributed by atoms with Crippen molar-refractivity contribution in [3.8, 4) is 0 Å². The Morgan fingerprint density at radius 1 is 0.630 bits per heavy atom. The van der Waals surface area contributed by atoms with Crippen molar-refractivity contribution in [3.63, 3.8) is 0 Å². The molecule has 0 spiro atoms. The Bertz CT molecular complexity index is 392. The number of aliphatic carboxylic acids is 4. The minimum Gasteiger partial charge on any atom is -0.479 e. The molecule has 0 amide bonds. The maximum Gasteiger partial charge on any atom is 0.335 e. The first-order valence-corrected chi connectivity index (χ1v) is 7.16. The Kier molecular flexibility index (Phi) is 17.3. The summed E-state index contributed by atoms with van der Waals surface area (Å²) in [5.41, 5.74) is 0. The van der Waals surface area contributed by atoms with Gasteiger partial charge in [0, 0.05) is 6.61 Å². The van der Waals surface area contributed by atoms with Crippen LogP contribution in [0.1, 0.15) is 19.8 Å². The van der Waals surface area contributed by atoms with E-state index in [2.05, 4.69) is 0 Å². The first-order valence-electron chi connectivity index (χ1n) is 7.16. The smallest absolute Gasteiger partial charge is 0.335 e. The average Bonchev–Trinajstić information content (AvgIpc) is 2.59. The van der Waals surface area contributed by atoms with E-state index in [1.54, 1.807) is 0 Å².